The van der Waals surface area contributed by atoms with Gasteiger partial charge in [-0.2, -0.15) is 0 Å². The maximum atomic E-state index is 9.45. The van der Waals surface area contributed by atoms with Gasteiger partial charge >= 0.3 is 0 Å². The van der Waals surface area contributed by atoms with Gasteiger partial charge in [0.15, 0.2) is 0 Å². The first-order valence-corrected chi connectivity index (χ1v) is 5.57. The lowest BCUT2D eigenvalue weighted by molar-refractivity contribution is 0.357. The third-order valence-corrected chi connectivity index (χ3v) is 3.68. The summed E-state index contributed by atoms with van der Waals surface area (Å²) >= 11 is 0. The Labute approximate surface area is 96.2 Å². The molecule has 3 N–H and O–H groups in total. The molecule has 0 bridgehead atoms. The first-order chi connectivity index (χ1) is 7.40. The first-order valence-electron chi connectivity index (χ1n) is 5.57. The largest absolute Gasteiger partial charge is 0.508 e. The molecule has 1 aromatic carbocycles. The van der Waals surface area contributed by atoms with Crippen LogP contribution in [0.4, 0.5) is 0 Å². The number of aromatic hydroxyl groups is 1. The molecule has 3 nitrogen and oxygen atoms in total. The van der Waals surface area contributed by atoms with E-state index in [2.05, 4.69) is 0 Å². The molecule has 1 fully saturated rings. The monoisotopic (exact) mass is 221 g/mol. The fourth-order valence-electron chi connectivity index (χ4n) is 2.46. The summed E-state index contributed by atoms with van der Waals surface area (Å²) in [5, 5.41) is 9.45. The third-order valence-electron chi connectivity index (χ3n) is 3.68. The quantitative estimate of drug-likeness (QED) is 0.822. The summed E-state index contributed by atoms with van der Waals surface area (Å²) < 4.78 is 5.33. The number of benzene rings is 1. The van der Waals surface area contributed by atoms with Gasteiger partial charge in [0.2, 0.25) is 0 Å². The van der Waals surface area contributed by atoms with Crippen molar-refractivity contribution in [1.82, 2.24) is 0 Å². The molecule has 1 aliphatic carbocycles. The molecule has 0 spiro atoms. The lowest BCUT2D eigenvalue weighted by Gasteiger charge is -2.32. The number of nitrogens with two attached hydrogens (primary N) is 1. The lowest BCUT2D eigenvalue weighted by atomic mass is 9.79. The first kappa shape index (κ1) is 11.3. The van der Waals surface area contributed by atoms with Crippen molar-refractivity contribution in [2.45, 2.75) is 37.6 Å². The van der Waals surface area contributed by atoms with Crippen LogP contribution < -0.4 is 10.5 Å². The maximum absolute atomic E-state index is 9.45. The Morgan fingerprint density at radius 3 is 2.44 bits per heavy atom. The van der Waals surface area contributed by atoms with Gasteiger partial charge in [-0.1, -0.05) is 6.07 Å². The highest BCUT2D eigenvalue weighted by atomic mass is 16.5. The van der Waals surface area contributed by atoms with Crippen LogP contribution in [0.1, 0.15) is 32.3 Å². The number of phenolic OH excluding ortho intramolecular Hbond substituents is 1. The predicted octanol–water partition coefficient (Wildman–Crippen LogP) is 2.17. The van der Waals surface area contributed by atoms with Crippen molar-refractivity contribution in [3.05, 3.63) is 23.8 Å². The van der Waals surface area contributed by atoms with E-state index in [9.17, 15) is 5.11 Å². The molecule has 0 unspecified atom stereocenters. The minimum Gasteiger partial charge on any atom is -0.508 e. The average molecular weight is 221 g/mol. The number of methoxy groups -OCH3 is 1. The molecule has 0 aliphatic heterocycles. The summed E-state index contributed by atoms with van der Waals surface area (Å²) in [7, 11) is 1.62. The van der Waals surface area contributed by atoms with Crippen molar-refractivity contribution in [2.75, 3.05) is 7.11 Å². The van der Waals surface area contributed by atoms with Crippen LogP contribution in [0.2, 0.25) is 0 Å². The summed E-state index contributed by atoms with van der Waals surface area (Å²) in [5.41, 5.74) is 7.10. The van der Waals surface area contributed by atoms with Crippen LogP contribution in [0, 0.1) is 0 Å². The van der Waals surface area contributed by atoms with Gasteiger partial charge in [0, 0.05) is 22.6 Å². The summed E-state index contributed by atoms with van der Waals surface area (Å²) in [6.07, 6.45) is 2.16. The highest BCUT2D eigenvalue weighted by Crippen LogP contribution is 2.57. The molecule has 16 heavy (non-hydrogen) atoms. The summed E-state index contributed by atoms with van der Waals surface area (Å²) in [5.74, 6) is 0.960. The smallest absolute Gasteiger partial charge is 0.126 e. The van der Waals surface area contributed by atoms with Crippen LogP contribution in [0.3, 0.4) is 0 Å². The van der Waals surface area contributed by atoms with Crippen LogP contribution in [-0.4, -0.2) is 17.8 Å². The van der Waals surface area contributed by atoms with Crippen molar-refractivity contribution in [3.63, 3.8) is 0 Å². The van der Waals surface area contributed by atoms with E-state index in [1.165, 1.54) is 0 Å². The van der Waals surface area contributed by atoms with E-state index >= 15 is 0 Å². The second kappa shape index (κ2) is 3.39. The molecule has 88 valence electrons. The van der Waals surface area contributed by atoms with Crippen molar-refractivity contribution in [2.24, 2.45) is 5.73 Å². The van der Waals surface area contributed by atoms with E-state index in [-0.39, 0.29) is 16.7 Å². The molecule has 1 aromatic rings. The number of ether oxygens (including phenoxy) is 1. The minimum atomic E-state index is -0.267. The maximum Gasteiger partial charge on any atom is 0.126 e. The molecule has 2 rings (SSSR count). The van der Waals surface area contributed by atoms with E-state index < -0.39 is 0 Å². The van der Waals surface area contributed by atoms with E-state index in [0.29, 0.717) is 0 Å². The van der Waals surface area contributed by atoms with Crippen LogP contribution in [0.25, 0.3) is 0 Å². The molecule has 0 atom stereocenters. The summed E-state index contributed by atoms with van der Waals surface area (Å²) in [6, 6.07) is 5.28. The second-order valence-electron chi connectivity index (χ2n) is 5.19. The van der Waals surface area contributed by atoms with Crippen molar-refractivity contribution < 1.29 is 9.84 Å². The average Bonchev–Trinajstić information content (AvgIpc) is 2.97. The lowest BCUT2D eigenvalue weighted by Crippen LogP contribution is -2.45. The Hall–Kier alpha value is -1.22. The Bertz CT molecular complexity index is 403. The zero-order chi connectivity index (χ0) is 12.0. The Balaban J connectivity index is 2.49. The topological polar surface area (TPSA) is 55.5 Å². The fraction of sp³-hybridized carbons (Fsp3) is 0.538. The normalized spacial score (nSPS) is 18.2. The van der Waals surface area contributed by atoms with Crippen molar-refractivity contribution in [1.29, 1.82) is 0 Å². The number of phenols is 1. The van der Waals surface area contributed by atoms with Gasteiger partial charge in [-0.3, -0.25) is 0 Å². The molecule has 0 aromatic heterocycles. The standard InChI is InChI=1S/C13H19NO2/c1-12(2,14)13(6-7-13)10-5-4-9(15)8-11(10)16-3/h4-5,8,15H,6-7,14H2,1-3H3. The van der Waals surface area contributed by atoms with Crippen LogP contribution in [0.15, 0.2) is 18.2 Å². The zero-order valence-corrected chi connectivity index (χ0v) is 10.1. The van der Waals surface area contributed by atoms with Crippen LogP contribution >= 0.6 is 0 Å². The van der Waals surface area contributed by atoms with Gasteiger partial charge in [0.05, 0.1) is 7.11 Å². The molecule has 3 heteroatoms. The highest BCUT2D eigenvalue weighted by molar-refractivity contribution is 5.49. The molecular formula is C13H19NO2. The summed E-state index contributed by atoms with van der Waals surface area (Å²) in [6.45, 7) is 4.10. The SMILES string of the molecule is COc1cc(O)ccc1C1(C(C)(C)N)CC1. The molecule has 1 aliphatic rings. The number of hydrogen-bond donors (Lipinski definition) is 2. The van der Waals surface area contributed by atoms with E-state index in [4.69, 9.17) is 10.5 Å². The van der Waals surface area contributed by atoms with Crippen molar-refractivity contribution in [3.8, 4) is 11.5 Å². The van der Waals surface area contributed by atoms with Gasteiger partial charge in [-0.25, -0.2) is 0 Å². The molecule has 0 radical (unpaired) electrons. The number of rotatable bonds is 3. The highest BCUT2D eigenvalue weighted by Gasteiger charge is 2.55. The predicted molar refractivity (Wildman–Crippen MR) is 63.8 cm³/mol. The van der Waals surface area contributed by atoms with Crippen LogP contribution in [-0.2, 0) is 5.41 Å². The summed E-state index contributed by atoms with van der Waals surface area (Å²) in [4.78, 5) is 0. The number of hydrogen-bond acceptors (Lipinski definition) is 3. The minimum absolute atomic E-state index is 0.00600. The third kappa shape index (κ3) is 1.55. The van der Waals surface area contributed by atoms with E-state index in [1.807, 2.05) is 19.9 Å². The Morgan fingerprint density at radius 2 is 2.00 bits per heavy atom. The zero-order valence-electron chi connectivity index (χ0n) is 10.1. The van der Waals surface area contributed by atoms with Crippen molar-refractivity contribution >= 4 is 0 Å². The van der Waals surface area contributed by atoms with E-state index in [0.717, 1.165) is 24.2 Å². The van der Waals surface area contributed by atoms with Gasteiger partial charge in [0.1, 0.15) is 11.5 Å². The van der Waals surface area contributed by atoms with Gasteiger partial charge in [0.25, 0.3) is 0 Å². The molecule has 1 saturated carbocycles. The van der Waals surface area contributed by atoms with Gasteiger partial charge in [-0.05, 0) is 32.8 Å². The van der Waals surface area contributed by atoms with E-state index in [1.54, 1.807) is 19.2 Å². The Morgan fingerprint density at radius 1 is 1.38 bits per heavy atom. The molecule has 0 saturated heterocycles. The molecule has 0 heterocycles. The molecule has 0 amide bonds. The second-order valence-corrected chi connectivity index (χ2v) is 5.19. The Kier molecular flexibility index (Phi) is 2.39. The molecular weight excluding hydrogens is 202 g/mol. The van der Waals surface area contributed by atoms with Gasteiger partial charge in [-0.15, -0.1) is 0 Å². The fourth-order valence-corrected chi connectivity index (χ4v) is 2.46. The van der Waals surface area contributed by atoms with Gasteiger partial charge < -0.3 is 15.6 Å². The van der Waals surface area contributed by atoms with Crippen LogP contribution in [0.5, 0.6) is 11.5 Å².